The Morgan fingerprint density at radius 1 is 0.784 bits per heavy atom. The molecule has 3 heterocycles. The Morgan fingerprint density at radius 2 is 1.46 bits per heavy atom. The molecule has 1 aromatic heterocycles. The topological polar surface area (TPSA) is 86.7 Å². The Kier molecular flexibility index (Phi) is 7.53. The molecule has 2 aromatic carbocycles. The van der Waals surface area contributed by atoms with Crippen molar-refractivity contribution in [1.82, 2.24) is 19.4 Å². The number of carbonyl (C=O) groups is 1. The van der Waals surface area contributed by atoms with E-state index in [-0.39, 0.29) is 10.8 Å². The Bertz CT molecular complexity index is 1310. The number of rotatable bonds is 6. The standard InChI is InChI=1S/C28H33N5O3S/c1-2-22-6-8-23(9-7-22)26-14-15-27(30-29-26)31-18-20-32(21-19-31)28(34)24-10-12-25(13-11-24)37(35,36)33-16-4-3-5-17-33/h6-15H,2-5,16-21H2,1H3. The molecule has 3 aromatic rings. The molecule has 0 unspecified atom stereocenters. The summed E-state index contributed by atoms with van der Waals surface area (Å²) in [6.07, 6.45) is 3.86. The molecular weight excluding hydrogens is 486 g/mol. The lowest BCUT2D eigenvalue weighted by molar-refractivity contribution is 0.0746. The number of sulfonamides is 1. The Morgan fingerprint density at radius 3 is 2.05 bits per heavy atom. The van der Waals surface area contributed by atoms with Crippen LogP contribution in [-0.2, 0) is 16.4 Å². The molecule has 2 saturated heterocycles. The van der Waals surface area contributed by atoms with Gasteiger partial charge in [0, 0.05) is 50.4 Å². The highest BCUT2D eigenvalue weighted by Crippen LogP contribution is 2.23. The summed E-state index contributed by atoms with van der Waals surface area (Å²) in [4.78, 5) is 17.3. The zero-order chi connectivity index (χ0) is 25.8. The molecule has 9 heteroatoms. The number of nitrogens with zero attached hydrogens (tertiary/aromatic N) is 5. The van der Waals surface area contributed by atoms with Crippen LogP contribution in [0.25, 0.3) is 11.3 Å². The monoisotopic (exact) mass is 519 g/mol. The summed E-state index contributed by atoms with van der Waals surface area (Å²) in [5.74, 6) is 0.715. The summed E-state index contributed by atoms with van der Waals surface area (Å²) in [6, 6.07) is 18.7. The van der Waals surface area contributed by atoms with Gasteiger partial charge in [0.2, 0.25) is 10.0 Å². The number of piperidine rings is 1. The highest BCUT2D eigenvalue weighted by Gasteiger charge is 2.27. The highest BCUT2D eigenvalue weighted by molar-refractivity contribution is 7.89. The SMILES string of the molecule is CCc1ccc(-c2ccc(N3CCN(C(=O)c4ccc(S(=O)(=O)N5CCCCC5)cc4)CC3)nn2)cc1. The van der Waals surface area contributed by atoms with Gasteiger partial charge >= 0.3 is 0 Å². The highest BCUT2D eigenvalue weighted by atomic mass is 32.2. The van der Waals surface area contributed by atoms with Gasteiger partial charge in [0.25, 0.3) is 5.91 Å². The molecule has 0 aliphatic carbocycles. The summed E-state index contributed by atoms with van der Waals surface area (Å²) < 4.78 is 27.3. The zero-order valence-corrected chi connectivity index (χ0v) is 22.0. The fraction of sp³-hybridized carbons (Fsp3) is 0.393. The average Bonchev–Trinajstić information content (AvgIpc) is 2.97. The minimum absolute atomic E-state index is 0.0847. The Hall–Kier alpha value is -3.30. The van der Waals surface area contributed by atoms with Gasteiger partial charge in [-0.05, 0) is 61.2 Å². The van der Waals surface area contributed by atoms with Crippen molar-refractivity contribution in [2.45, 2.75) is 37.5 Å². The third-order valence-electron chi connectivity index (χ3n) is 7.25. The number of carbonyl (C=O) groups excluding carboxylic acids is 1. The summed E-state index contributed by atoms with van der Waals surface area (Å²) in [5.41, 5.74) is 3.68. The van der Waals surface area contributed by atoms with Gasteiger partial charge in [0.15, 0.2) is 5.82 Å². The number of hydrogen-bond donors (Lipinski definition) is 0. The van der Waals surface area contributed by atoms with E-state index in [0.29, 0.717) is 44.8 Å². The molecule has 0 spiro atoms. The van der Waals surface area contributed by atoms with Crippen molar-refractivity contribution in [3.05, 3.63) is 71.8 Å². The van der Waals surface area contributed by atoms with Gasteiger partial charge in [-0.15, -0.1) is 10.2 Å². The van der Waals surface area contributed by atoms with E-state index >= 15 is 0 Å². The lowest BCUT2D eigenvalue weighted by atomic mass is 10.1. The van der Waals surface area contributed by atoms with Gasteiger partial charge in [-0.2, -0.15) is 4.31 Å². The van der Waals surface area contributed by atoms with E-state index in [2.05, 4.69) is 46.3 Å². The van der Waals surface area contributed by atoms with Crippen molar-refractivity contribution in [3.8, 4) is 11.3 Å². The van der Waals surface area contributed by atoms with Crippen LogP contribution in [0.1, 0.15) is 42.1 Å². The van der Waals surface area contributed by atoms with E-state index in [1.807, 2.05) is 17.0 Å². The lowest BCUT2D eigenvalue weighted by Gasteiger charge is -2.35. The summed E-state index contributed by atoms with van der Waals surface area (Å²) in [5, 5.41) is 8.85. The van der Waals surface area contributed by atoms with E-state index in [0.717, 1.165) is 42.8 Å². The minimum atomic E-state index is -3.50. The van der Waals surface area contributed by atoms with Crippen molar-refractivity contribution >= 4 is 21.7 Å². The molecule has 2 aliphatic rings. The number of aromatic nitrogens is 2. The van der Waals surface area contributed by atoms with Crippen LogP contribution in [0.5, 0.6) is 0 Å². The summed E-state index contributed by atoms with van der Waals surface area (Å²) in [6.45, 7) is 5.71. The van der Waals surface area contributed by atoms with E-state index in [4.69, 9.17) is 0 Å². The molecule has 194 valence electrons. The largest absolute Gasteiger partial charge is 0.352 e. The fourth-order valence-electron chi connectivity index (χ4n) is 4.90. The van der Waals surface area contributed by atoms with Crippen molar-refractivity contribution in [1.29, 1.82) is 0 Å². The van der Waals surface area contributed by atoms with Crippen LogP contribution >= 0.6 is 0 Å². The number of anilines is 1. The third kappa shape index (κ3) is 5.52. The fourth-order valence-corrected chi connectivity index (χ4v) is 6.42. The molecule has 8 nitrogen and oxygen atoms in total. The van der Waals surface area contributed by atoms with E-state index in [1.54, 1.807) is 28.6 Å². The summed E-state index contributed by atoms with van der Waals surface area (Å²) in [7, 11) is -3.50. The first kappa shape index (κ1) is 25.4. The molecule has 5 rings (SSSR count). The molecule has 0 atom stereocenters. The van der Waals surface area contributed by atoms with E-state index in [1.165, 1.54) is 5.56 Å². The van der Waals surface area contributed by atoms with Gasteiger partial charge < -0.3 is 9.80 Å². The number of piperazine rings is 1. The van der Waals surface area contributed by atoms with Gasteiger partial charge in [0.1, 0.15) is 0 Å². The average molecular weight is 520 g/mol. The molecule has 2 fully saturated rings. The van der Waals surface area contributed by atoms with Crippen LogP contribution in [0.2, 0.25) is 0 Å². The molecular formula is C28H33N5O3S. The number of amides is 1. The van der Waals surface area contributed by atoms with Crippen LogP contribution in [0.15, 0.2) is 65.6 Å². The third-order valence-corrected chi connectivity index (χ3v) is 9.17. The van der Waals surface area contributed by atoms with Gasteiger partial charge in [-0.25, -0.2) is 8.42 Å². The molecule has 0 radical (unpaired) electrons. The van der Waals surface area contributed by atoms with Crippen LogP contribution in [-0.4, -0.2) is 73.0 Å². The molecule has 2 aliphatic heterocycles. The molecule has 0 bridgehead atoms. The van der Waals surface area contributed by atoms with E-state index in [9.17, 15) is 13.2 Å². The predicted molar refractivity (Wildman–Crippen MR) is 144 cm³/mol. The predicted octanol–water partition coefficient (Wildman–Crippen LogP) is 3.84. The second kappa shape index (κ2) is 11.0. The second-order valence-corrected chi connectivity index (χ2v) is 11.5. The number of hydrogen-bond acceptors (Lipinski definition) is 6. The number of benzene rings is 2. The molecule has 1 amide bonds. The smallest absolute Gasteiger partial charge is 0.253 e. The lowest BCUT2D eigenvalue weighted by Crippen LogP contribution is -2.49. The summed E-state index contributed by atoms with van der Waals surface area (Å²) >= 11 is 0. The molecule has 0 saturated carbocycles. The quantitative estimate of drug-likeness (QED) is 0.492. The van der Waals surface area contributed by atoms with Crippen molar-refractivity contribution < 1.29 is 13.2 Å². The van der Waals surface area contributed by atoms with Gasteiger partial charge in [-0.3, -0.25) is 4.79 Å². The first-order chi connectivity index (χ1) is 18.0. The zero-order valence-electron chi connectivity index (χ0n) is 21.2. The van der Waals surface area contributed by atoms with E-state index < -0.39 is 10.0 Å². The van der Waals surface area contributed by atoms with Crippen LogP contribution in [0.4, 0.5) is 5.82 Å². The maximum Gasteiger partial charge on any atom is 0.253 e. The number of aryl methyl sites for hydroxylation is 1. The molecule has 37 heavy (non-hydrogen) atoms. The Labute approximate surface area is 219 Å². The van der Waals surface area contributed by atoms with Crippen LogP contribution in [0.3, 0.4) is 0 Å². The van der Waals surface area contributed by atoms with Gasteiger partial charge in [-0.1, -0.05) is 37.6 Å². The Balaban J connectivity index is 1.18. The van der Waals surface area contributed by atoms with Gasteiger partial charge in [0.05, 0.1) is 10.6 Å². The van der Waals surface area contributed by atoms with Crippen LogP contribution in [0, 0.1) is 0 Å². The maximum atomic E-state index is 13.1. The first-order valence-electron chi connectivity index (χ1n) is 13.0. The first-order valence-corrected chi connectivity index (χ1v) is 14.5. The van der Waals surface area contributed by atoms with Crippen molar-refractivity contribution in [2.75, 3.05) is 44.2 Å². The van der Waals surface area contributed by atoms with Crippen molar-refractivity contribution in [3.63, 3.8) is 0 Å². The maximum absolute atomic E-state index is 13.1. The van der Waals surface area contributed by atoms with Crippen LogP contribution < -0.4 is 4.90 Å². The second-order valence-electron chi connectivity index (χ2n) is 9.60. The molecule has 0 N–H and O–H groups in total. The van der Waals surface area contributed by atoms with Crippen molar-refractivity contribution in [2.24, 2.45) is 0 Å². The minimum Gasteiger partial charge on any atom is -0.352 e. The normalized spacial score (nSPS) is 17.1.